The number of hydrogen-bond acceptors (Lipinski definition) is 5. The minimum absolute atomic E-state index is 0.0596. The zero-order chi connectivity index (χ0) is 17.4. The number of fused-ring (bicyclic) bond motifs is 1. The molecule has 2 saturated heterocycles. The molecule has 2 fully saturated rings. The van der Waals surface area contributed by atoms with Crippen molar-refractivity contribution in [3.8, 4) is 0 Å². The van der Waals surface area contributed by atoms with E-state index in [1.807, 2.05) is 24.1 Å². The van der Waals surface area contributed by atoms with E-state index in [1.54, 1.807) is 30.3 Å². The normalized spacial score (nSPS) is 26.8. The number of ether oxygens (including phenoxy) is 1. The molecule has 7 nitrogen and oxygen atoms in total. The monoisotopic (exact) mass is 344 g/mol. The molecule has 7 heteroatoms. The fourth-order valence-corrected chi connectivity index (χ4v) is 4.26. The summed E-state index contributed by atoms with van der Waals surface area (Å²) in [5.41, 5.74) is 0.638. The molecule has 2 aliphatic heterocycles. The Balaban J connectivity index is 1.54. The van der Waals surface area contributed by atoms with Crippen molar-refractivity contribution in [2.45, 2.75) is 25.1 Å². The van der Waals surface area contributed by atoms with Crippen LogP contribution in [0.5, 0.6) is 0 Å². The molecule has 134 valence electrons. The highest BCUT2D eigenvalue weighted by Crippen LogP contribution is 2.34. The Morgan fingerprint density at radius 1 is 1.40 bits per heavy atom. The molecule has 1 amide bonds. The summed E-state index contributed by atoms with van der Waals surface area (Å²) in [4.78, 5) is 17.4. The second kappa shape index (κ2) is 6.65. The standard InChI is InChI=1S/C18H24N4O3/c1-20-15(5-7-19-20)18(23)22-8-6-17(24-2)14-11-21(12-16(14)22)10-13-4-3-9-25-13/h3-5,7,9,14,16-17H,6,8,10-12H2,1-2H3/t14-,16+,17+/m0/s1. The number of amides is 1. The molecule has 0 N–H and O–H groups in total. The molecule has 0 radical (unpaired) electrons. The molecule has 0 bridgehead atoms. The van der Waals surface area contributed by atoms with Crippen LogP contribution in [0.4, 0.5) is 0 Å². The Labute approximate surface area is 147 Å². The van der Waals surface area contributed by atoms with Gasteiger partial charge in [0.2, 0.25) is 0 Å². The molecule has 4 heterocycles. The number of rotatable bonds is 4. The SMILES string of the molecule is CO[C@@H]1CCN(C(=O)c2ccnn2C)[C@@H]2CN(Cc3ccco3)C[C@@H]21. The fourth-order valence-electron chi connectivity index (χ4n) is 4.26. The van der Waals surface area contributed by atoms with E-state index in [0.717, 1.165) is 38.4 Å². The second-order valence-corrected chi connectivity index (χ2v) is 6.91. The smallest absolute Gasteiger partial charge is 0.272 e. The van der Waals surface area contributed by atoms with Crippen molar-refractivity contribution in [2.24, 2.45) is 13.0 Å². The molecule has 2 aromatic heterocycles. The summed E-state index contributed by atoms with van der Waals surface area (Å²) in [6.45, 7) is 3.25. The quantitative estimate of drug-likeness (QED) is 0.838. The maximum absolute atomic E-state index is 13.0. The summed E-state index contributed by atoms with van der Waals surface area (Å²) in [6.07, 6.45) is 4.44. The van der Waals surface area contributed by atoms with Gasteiger partial charge in [-0.2, -0.15) is 5.10 Å². The Morgan fingerprint density at radius 3 is 2.96 bits per heavy atom. The second-order valence-electron chi connectivity index (χ2n) is 6.91. The lowest BCUT2D eigenvalue weighted by Gasteiger charge is -2.41. The molecule has 0 aliphatic carbocycles. The van der Waals surface area contributed by atoms with Crippen LogP contribution in [0.1, 0.15) is 22.7 Å². The molecule has 4 rings (SSSR count). The predicted molar refractivity (Wildman–Crippen MR) is 90.9 cm³/mol. The van der Waals surface area contributed by atoms with Crippen molar-refractivity contribution in [3.05, 3.63) is 42.1 Å². The van der Waals surface area contributed by atoms with Gasteiger partial charge in [0.15, 0.2) is 0 Å². The zero-order valence-corrected chi connectivity index (χ0v) is 14.7. The number of piperidine rings is 1. The van der Waals surface area contributed by atoms with Gasteiger partial charge < -0.3 is 14.1 Å². The first-order chi connectivity index (χ1) is 12.2. The van der Waals surface area contributed by atoms with Crippen molar-refractivity contribution >= 4 is 5.91 Å². The van der Waals surface area contributed by atoms with Gasteiger partial charge in [-0.15, -0.1) is 0 Å². The summed E-state index contributed by atoms with van der Waals surface area (Å²) in [5, 5.41) is 4.14. The van der Waals surface area contributed by atoms with Crippen LogP contribution in [-0.4, -0.2) is 64.4 Å². The molecular weight excluding hydrogens is 320 g/mol. The van der Waals surface area contributed by atoms with Gasteiger partial charge in [0.1, 0.15) is 11.5 Å². The third kappa shape index (κ3) is 2.98. The van der Waals surface area contributed by atoms with E-state index in [1.165, 1.54) is 0 Å². The third-order valence-corrected chi connectivity index (χ3v) is 5.50. The van der Waals surface area contributed by atoms with E-state index < -0.39 is 0 Å². The van der Waals surface area contributed by atoms with Crippen LogP contribution in [0.2, 0.25) is 0 Å². The summed E-state index contributed by atoms with van der Waals surface area (Å²) >= 11 is 0. The Bertz CT molecular complexity index is 727. The van der Waals surface area contributed by atoms with Gasteiger partial charge in [-0.3, -0.25) is 14.4 Å². The Hall–Kier alpha value is -2.12. The largest absolute Gasteiger partial charge is 0.468 e. The number of hydrogen-bond donors (Lipinski definition) is 0. The molecular formula is C18H24N4O3. The van der Waals surface area contributed by atoms with E-state index in [4.69, 9.17) is 9.15 Å². The first-order valence-electron chi connectivity index (χ1n) is 8.74. The highest BCUT2D eigenvalue weighted by atomic mass is 16.5. The first-order valence-corrected chi connectivity index (χ1v) is 8.74. The molecule has 0 aromatic carbocycles. The summed E-state index contributed by atoms with van der Waals surface area (Å²) in [5.74, 6) is 1.34. The third-order valence-electron chi connectivity index (χ3n) is 5.50. The van der Waals surface area contributed by atoms with E-state index in [-0.39, 0.29) is 18.1 Å². The number of carbonyl (C=O) groups is 1. The van der Waals surface area contributed by atoms with Gasteiger partial charge >= 0.3 is 0 Å². The highest BCUT2D eigenvalue weighted by Gasteiger charge is 2.46. The van der Waals surface area contributed by atoms with Gasteiger partial charge in [0.05, 0.1) is 25.0 Å². The maximum atomic E-state index is 13.0. The molecule has 25 heavy (non-hydrogen) atoms. The zero-order valence-electron chi connectivity index (χ0n) is 14.7. The van der Waals surface area contributed by atoms with Crippen LogP contribution in [0.3, 0.4) is 0 Å². The van der Waals surface area contributed by atoms with Gasteiger partial charge in [0.25, 0.3) is 5.91 Å². The van der Waals surface area contributed by atoms with Gasteiger partial charge in [0, 0.05) is 45.9 Å². The summed E-state index contributed by atoms with van der Waals surface area (Å²) < 4.78 is 12.9. The molecule has 2 aliphatic rings. The van der Waals surface area contributed by atoms with Crippen molar-refractivity contribution in [3.63, 3.8) is 0 Å². The summed E-state index contributed by atoms with van der Waals surface area (Å²) in [6, 6.07) is 5.86. The van der Waals surface area contributed by atoms with Crippen LogP contribution in [-0.2, 0) is 18.3 Å². The average Bonchev–Trinajstić information content (AvgIpc) is 3.34. The van der Waals surface area contributed by atoms with Crippen molar-refractivity contribution < 1.29 is 13.9 Å². The van der Waals surface area contributed by atoms with Crippen LogP contribution < -0.4 is 0 Å². The van der Waals surface area contributed by atoms with E-state index in [0.29, 0.717) is 11.6 Å². The number of aromatic nitrogens is 2. The molecule has 0 spiro atoms. The maximum Gasteiger partial charge on any atom is 0.272 e. The van der Waals surface area contributed by atoms with Crippen LogP contribution >= 0.6 is 0 Å². The van der Waals surface area contributed by atoms with Gasteiger partial charge in [-0.25, -0.2) is 0 Å². The van der Waals surface area contributed by atoms with Gasteiger partial charge in [-0.1, -0.05) is 0 Å². The molecule has 0 saturated carbocycles. The number of likely N-dealkylation sites (tertiary alicyclic amines) is 2. The van der Waals surface area contributed by atoms with Gasteiger partial charge in [-0.05, 0) is 24.6 Å². The number of aryl methyl sites for hydroxylation is 1. The molecule has 2 aromatic rings. The minimum Gasteiger partial charge on any atom is -0.468 e. The van der Waals surface area contributed by atoms with Crippen LogP contribution in [0.15, 0.2) is 35.1 Å². The van der Waals surface area contributed by atoms with Crippen molar-refractivity contribution in [1.29, 1.82) is 0 Å². The Morgan fingerprint density at radius 2 is 2.28 bits per heavy atom. The topological polar surface area (TPSA) is 63.7 Å². The number of furan rings is 1. The summed E-state index contributed by atoms with van der Waals surface area (Å²) in [7, 11) is 3.58. The number of nitrogens with zero attached hydrogens (tertiary/aromatic N) is 4. The van der Waals surface area contributed by atoms with Crippen molar-refractivity contribution in [1.82, 2.24) is 19.6 Å². The number of methoxy groups -OCH3 is 1. The lowest BCUT2D eigenvalue weighted by Crippen LogP contribution is -2.53. The average molecular weight is 344 g/mol. The van der Waals surface area contributed by atoms with Crippen LogP contribution in [0.25, 0.3) is 0 Å². The lowest BCUT2D eigenvalue weighted by atomic mass is 9.88. The van der Waals surface area contributed by atoms with E-state index >= 15 is 0 Å². The van der Waals surface area contributed by atoms with E-state index in [9.17, 15) is 4.79 Å². The lowest BCUT2D eigenvalue weighted by molar-refractivity contribution is -0.0160. The molecule has 3 atom stereocenters. The van der Waals surface area contributed by atoms with Crippen molar-refractivity contribution in [2.75, 3.05) is 26.7 Å². The van der Waals surface area contributed by atoms with Crippen LogP contribution in [0, 0.1) is 5.92 Å². The highest BCUT2D eigenvalue weighted by molar-refractivity contribution is 5.92. The first kappa shape index (κ1) is 16.4. The Kier molecular flexibility index (Phi) is 4.35. The molecule has 0 unspecified atom stereocenters. The number of carbonyl (C=O) groups excluding carboxylic acids is 1. The van der Waals surface area contributed by atoms with E-state index in [2.05, 4.69) is 10.00 Å². The predicted octanol–water partition coefficient (Wildman–Crippen LogP) is 1.37. The minimum atomic E-state index is 0.0596. The fraction of sp³-hybridized carbons (Fsp3) is 0.556.